The Hall–Kier alpha value is -3.54. The molecule has 6 nitrogen and oxygen atoms in total. The molecule has 0 radical (unpaired) electrons. The van der Waals surface area contributed by atoms with E-state index in [1.165, 1.54) is 6.07 Å². The molecule has 2 heterocycles. The third-order valence-corrected chi connectivity index (χ3v) is 7.33. The van der Waals surface area contributed by atoms with Gasteiger partial charge in [0.05, 0.1) is 23.1 Å². The highest BCUT2D eigenvalue weighted by Gasteiger charge is 2.43. The van der Waals surface area contributed by atoms with Gasteiger partial charge in [0.1, 0.15) is 0 Å². The van der Waals surface area contributed by atoms with Crippen molar-refractivity contribution in [2.24, 2.45) is 23.5 Å². The van der Waals surface area contributed by atoms with E-state index in [2.05, 4.69) is 0 Å². The van der Waals surface area contributed by atoms with Gasteiger partial charge in [-0.2, -0.15) is 18.4 Å². The van der Waals surface area contributed by atoms with Crippen LogP contribution in [0.3, 0.4) is 0 Å². The maximum absolute atomic E-state index is 13.4. The van der Waals surface area contributed by atoms with Crippen LogP contribution in [0.2, 0.25) is 0 Å². The summed E-state index contributed by atoms with van der Waals surface area (Å²) in [5.74, 6) is -0.967. The molecule has 2 amide bonds. The lowest BCUT2D eigenvalue weighted by atomic mass is 9.78. The quantitative estimate of drug-likeness (QED) is 0.711. The second kappa shape index (κ2) is 9.61. The first-order valence-electron chi connectivity index (χ1n) is 11.6. The van der Waals surface area contributed by atoms with Gasteiger partial charge in [-0.15, -0.1) is 0 Å². The van der Waals surface area contributed by atoms with Crippen LogP contribution in [0.1, 0.15) is 39.9 Å². The minimum absolute atomic E-state index is 0.0886. The number of benzene rings is 2. The van der Waals surface area contributed by atoms with Gasteiger partial charge < -0.3 is 15.5 Å². The number of carbonyl (C=O) groups is 2. The highest BCUT2D eigenvalue weighted by atomic mass is 19.4. The number of alkyl halides is 3. The van der Waals surface area contributed by atoms with Gasteiger partial charge in [-0.3, -0.25) is 9.59 Å². The number of halogens is 3. The number of anilines is 1. The fraction of sp³-hybridized carbons (Fsp3) is 0.423. The van der Waals surface area contributed by atoms with Crippen LogP contribution < -0.4 is 10.6 Å². The Kier molecular flexibility index (Phi) is 6.75. The van der Waals surface area contributed by atoms with Crippen LogP contribution >= 0.6 is 0 Å². The Morgan fingerprint density at radius 3 is 2.37 bits per heavy atom. The molecule has 4 rings (SSSR count). The van der Waals surface area contributed by atoms with Crippen molar-refractivity contribution in [3.63, 3.8) is 0 Å². The first-order chi connectivity index (χ1) is 16.6. The van der Waals surface area contributed by atoms with Gasteiger partial charge >= 0.3 is 6.18 Å². The van der Waals surface area contributed by atoms with Gasteiger partial charge in [-0.05, 0) is 61.4 Å². The third-order valence-electron chi connectivity index (χ3n) is 7.33. The number of nitrogens with zero attached hydrogens (tertiary/aromatic N) is 3. The molecule has 35 heavy (non-hydrogen) atoms. The number of likely N-dealkylation sites (tertiary alicyclic amines) is 1. The molecule has 2 aromatic rings. The van der Waals surface area contributed by atoms with E-state index in [9.17, 15) is 22.8 Å². The summed E-state index contributed by atoms with van der Waals surface area (Å²) < 4.78 is 40.1. The maximum Gasteiger partial charge on any atom is 0.417 e. The summed E-state index contributed by atoms with van der Waals surface area (Å²) in [7, 11) is 0. The molecule has 0 aromatic heterocycles. The molecule has 2 aliphatic heterocycles. The molecule has 184 valence electrons. The number of primary amides is 1. The minimum Gasteiger partial charge on any atom is -0.372 e. The van der Waals surface area contributed by atoms with Gasteiger partial charge in [0.15, 0.2) is 0 Å². The van der Waals surface area contributed by atoms with Gasteiger partial charge in [0.2, 0.25) is 5.91 Å². The molecular weight excluding hydrogens is 457 g/mol. The highest BCUT2D eigenvalue weighted by molar-refractivity contribution is 5.96. The van der Waals surface area contributed by atoms with Crippen LogP contribution in [-0.4, -0.2) is 42.9 Å². The van der Waals surface area contributed by atoms with E-state index < -0.39 is 29.1 Å². The number of amides is 2. The molecule has 0 spiro atoms. The van der Waals surface area contributed by atoms with Crippen molar-refractivity contribution in [1.29, 1.82) is 5.26 Å². The second-order valence-corrected chi connectivity index (χ2v) is 9.36. The van der Waals surface area contributed by atoms with Crippen molar-refractivity contribution in [3.05, 3.63) is 64.7 Å². The van der Waals surface area contributed by atoms with Crippen LogP contribution in [-0.2, 0) is 11.0 Å². The molecule has 2 N–H and O–H groups in total. The summed E-state index contributed by atoms with van der Waals surface area (Å²) in [6.07, 6.45) is -3.27. The molecule has 2 atom stereocenters. The Balaban J connectivity index is 1.47. The van der Waals surface area contributed by atoms with Crippen molar-refractivity contribution in [2.75, 3.05) is 31.1 Å². The molecular formula is C26H27F3N4O2. The standard InChI is InChI=1S/C26H27F3N4O2/c1-16-4-2-3-5-20(16)25(35)33-14-21(22(15-33)24(31)34)17-8-10-32(11-9-17)19-7-6-18(13-30)23(12-19)26(27,28)29/h2-7,12,17,21-22H,8-11,14-15H2,1H3,(H2,31,34)/t21-,22+/m0/s1. The molecule has 2 aromatic carbocycles. The number of aryl methyl sites for hydroxylation is 1. The molecule has 0 unspecified atom stereocenters. The van der Waals surface area contributed by atoms with Crippen molar-refractivity contribution >= 4 is 17.5 Å². The lowest BCUT2D eigenvalue weighted by Gasteiger charge is -2.37. The molecule has 0 aliphatic carbocycles. The van der Waals surface area contributed by atoms with Crippen LogP contribution in [0.4, 0.5) is 18.9 Å². The number of piperidine rings is 1. The number of carbonyl (C=O) groups excluding carboxylic acids is 2. The topological polar surface area (TPSA) is 90.4 Å². The normalized spacial score (nSPS) is 21.1. The molecule has 9 heteroatoms. The number of nitriles is 1. The van der Waals surface area contributed by atoms with E-state index in [1.54, 1.807) is 23.1 Å². The Bertz CT molecular complexity index is 1170. The van der Waals surface area contributed by atoms with Crippen LogP contribution in [0.25, 0.3) is 0 Å². The number of rotatable bonds is 4. The first kappa shape index (κ1) is 24.6. The Labute approximate surface area is 202 Å². The highest BCUT2D eigenvalue weighted by Crippen LogP contribution is 2.39. The third kappa shape index (κ3) is 4.97. The maximum atomic E-state index is 13.4. The van der Waals surface area contributed by atoms with Crippen molar-refractivity contribution in [2.45, 2.75) is 25.9 Å². The lowest BCUT2D eigenvalue weighted by molar-refractivity contribution is -0.137. The summed E-state index contributed by atoms with van der Waals surface area (Å²) in [4.78, 5) is 28.9. The van der Waals surface area contributed by atoms with Crippen molar-refractivity contribution < 1.29 is 22.8 Å². The number of hydrogen-bond acceptors (Lipinski definition) is 4. The zero-order valence-electron chi connectivity index (χ0n) is 19.4. The summed E-state index contributed by atoms with van der Waals surface area (Å²) in [5.41, 5.74) is 6.27. The van der Waals surface area contributed by atoms with E-state index >= 15 is 0 Å². The van der Waals surface area contributed by atoms with E-state index in [0.717, 1.165) is 11.6 Å². The average Bonchev–Trinajstić information content (AvgIpc) is 3.29. The fourth-order valence-corrected chi connectivity index (χ4v) is 5.40. The summed E-state index contributed by atoms with van der Waals surface area (Å²) >= 11 is 0. The molecule has 2 fully saturated rings. The predicted octanol–water partition coefficient (Wildman–Crippen LogP) is 3.98. The summed E-state index contributed by atoms with van der Waals surface area (Å²) in [6.45, 7) is 3.61. The zero-order valence-corrected chi connectivity index (χ0v) is 19.4. The zero-order chi connectivity index (χ0) is 25.3. The summed E-state index contributed by atoms with van der Waals surface area (Å²) in [6, 6.07) is 12.7. The van der Waals surface area contributed by atoms with Gasteiger partial charge in [-0.1, -0.05) is 18.2 Å². The van der Waals surface area contributed by atoms with E-state index in [1.807, 2.05) is 30.0 Å². The van der Waals surface area contributed by atoms with Crippen LogP contribution in [0.5, 0.6) is 0 Å². The smallest absolute Gasteiger partial charge is 0.372 e. The van der Waals surface area contributed by atoms with E-state index in [4.69, 9.17) is 11.0 Å². The monoisotopic (exact) mass is 484 g/mol. The molecule has 0 bridgehead atoms. The molecule has 2 aliphatic rings. The number of hydrogen-bond donors (Lipinski definition) is 1. The summed E-state index contributed by atoms with van der Waals surface area (Å²) in [5, 5.41) is 9.03. The predicted molar refractivity (Wildman–Crippen MR) is 124 cm³/mol. The van der Waals surface area contributed by atoms with Crippen LogP contribution in [0.15, 0.2) is 42.5 Å². The van der Waals surface area contributed by atoms with Gasteiger partial charge in [0.25, 0.3) is 5.91 Å². The Morgan fingerprint density at radius 2 is 1.77 bits per heavy atom. The van der Waals surface area contributed by atoms with E-state index in [0.29, 0.717) is 43.7 Å². The Morgan fingerprint density at radius 1 is 1.09 bits per heavy atom. The molecule has 0 saturated carbocycles. The largest absolute Gasteiger partial charge is 0.417 e. The van der Waals surface area contributed by atoms with Crippen LogP contribution in [0, 0.1) is 36.0 Å². The fourth-order valence-electron chi connectivity index (χ4n) is 5.40. The van der Waals surface area contributed by atoms with Gasteiger partial charge in [0, 0.05) is 37.4 Å². The van der Waals surface area contributed by atoms with Gasteiger partial charge in [-0.25, -0.2) is 0 Å². The lowest BCUT2D eigenvalue weighted by Crippen LogP contribution is -2.40. The second-order valence-electron chi connectivity index (χ2n) is 9.36. The van der Waals surface area contributed by atoms with Crippen molar-refractivity contribution in [1.82, 2.24) is 4.90 Å². The SMILES string of the molecule is Cc1ccccc1C(=O)N1C[C@@H](C(N)=O)[C@H](C2CCN(c3ccc(C#N)c(C(F)(F)F)c3)CC2)C1. The van der Waals surface area contributed by atoms with Crippen molar-refractivity contribution in [3.8, 4) is 6.07 Å². The molecule has 2 saturated heterocycles. The average molecular weight is 485 g/mol. The first-order valence-corrected chi connectivity index (χ1v) is 11.6. The number of nitrogens with two attached hydrogens (primary N) is 1. The van der Waals surface area contributed by atoms with E-state index in [-0.39, 0.29) is 24.3 Å². The minimum atomic E-state index is -4.61.